The fourth-order valence-electron chi connectivity index (χ4n) is 3.40. The molecule has 1 aliphatic heterocycles. The third kappa shape index (κ3) is 4.80. The SMILES string of the molecule is CC(CNC(=O)c1cccc(CS(C)=O)c1)N1CCc2ccccc2C1. The molecular weight excluding hydrogens is 344 g/mol. The third-order valence-electron chi connectivity index (χ3n) is 4.90. The number of carbonyl (C=O) groups is 1. The van der Waals surface area contributed by atoms with E-state index in [1.54, 1.807) is 12.3 Å². The molecule has 3 rings (SSSR count). The smallest absolute Gasteiger partial charge is 0.251 e. The van der Waals surface area contributed by atoms with Crippen molar-refractivity contribution in [2.24, 2.45) is 0 Å². The maximum atomic E-state index is 12.5. The van der Waals surface area contributed by atoms with Crippen LogP contribution in [0.15, 0.2) is 48.5 Å². The number of rotatable bonds is 6. The van der Waals surface area contributed by atoms with E-state index in [9.17, 15) is 9.00 Å². The quantitative estimate of drug-likeness (QED) is 0.851. The van der Waals surface area contributed by atoms with Crippen LogP contribution < -0.4 is 5.32 Å². The third-order valence-corrected chi connectivity index (χ3v) is 5.64. The van der Waals surface area contributed by atoms with Gasteiger partial charge in [-0.15, -0.1) is 0 Å². The second-order valence-electron chi connectivity index (χ2n) is 6.97. The average Bonchev–Trinajstić information content (AvgIpc) is 2.65. The zero-order valence-corrected chi connectivity index (χ0v) is 16.2. The summed E-state index contributed by atoms with van der Waals surface area (Å²) in [6, 6.07) is 16.3. The highest BCUT2D eigenvalue weighted by atomic mass is 32.2. The number of benzene rings is 2. The first-order chi connectivity index (χ1) is 12.5. The van der Waals surface area contributed by atoms with Crippen molar-refractivity contribution in [3.8, 4) is 0 Å². The van der Waals surface area contributed by atoms with E-state index < -0.39 is 10.8 Å². The van der Waals surface area contributed by atoms with Crippen molar-refractivity contribution in [3.05, 3.63) is 70.8 Å². The zero-order valence-electron chi connectivity index (χ0n) is 15.4. The Hall–Kier alpha value is -1.98. The van der Waals surface area contributed by atoms with Crippen molar-refractivity contribution in [1.82, 2.24) is 10.2 Å². The molecule has 0 bridgehead atoms. The van der Waals surface area contributed by atoms with E-state index >= 15 is 0 Å². The first-order valence-electron chi connectivity index (χ1n) is 9.01. The number of amides is 1. The summed E-state index contributed by atoms with van der Waals surface area (Å²) in [5.41, 5.74) is 4.38. The van der Waals surface area contributed by atoms with Crippen LogP contribution in [0.1, 0.15) is 34.0 Å². The van der Waals surface area contributed by atoms with Crippen LogP contribution in [-0.2, 0) is 29.5 Å². The Balaban J connectivity index is 1.55. The van der Waals surface area contributed by atoms with E-state index in [0.717, 1.165) is 25.1 Å². The Morgan fingerprint density at radius 1 is 1.19 bits per heavy atom. The van der Waals surface area contributed by atoms with E-state index in [1.165, 1.54) is 11.1 Å². The summed E-state index contributed by atoms with van der Waals surface area (Å²) < 4.78 is 11.4. The Morgan fingerprint density at radius 3 is 2.73 bits per heavy atom. The number of nitrogens with zero attached hydrogens (tertiary/aromatic N) is 1. The Morgan fingerprint density at radius 2 is 1.96 bits per heavy atom. The molecule has 5 heteroatoms. The highest BCUT2D eigenvalue weighted by Crippen LogP contribution is 2.20. The van der Waals surface area contributed by atoms with E-state index in [1.807, 2.05) is 18.2 Å². The van der Waals surface area contributed by atoms with Crippen LogP contribution in [0.25, 0.3) is 0 Å². The van der Waals surface area contributed by atoms with Crippen LogP contribution in [0.2, 0.25) is 0 Å². The van der Waals surface area contributed by atoms with E-state index in [2.05, 4.69) is 41.4 Å². The maximum absolute atomic E-state index is 12.5. The van der Waals surface area contributed by atoms with Gasteiger partial charge < -0.3 is 5.32 Å². The molecule has 0 saturated carbocycles. The van der Waals surface area contributed by atoms with Gasteiger partial charge in [-0.05, 0) is 42.2 Å². The topological polar surface area (TPSA) is 49.4 Å². The lowest BCUT2D eigenvalue weighted by Gasteiger charge is -2.33. The molecule has 1 N–H and O–H groups in total. The summed E-state index contributed by atoms with van der Waals surface area (Å²) in [5.74, 6) is 0.406. The minimum absolute atomic E-state index is 0.0713. The minimum Gasteiger partial charge on any atom is -0.350 e. The van der Waals surface area contributed by atoms with E-state index in [-0.39, 0.29) is 11.9 Å². The molecular formula is C21H26N2O2S. The lowest BCUT2D eigenvalue weighted by atomic mass is 9.99. The van der Waals surface area contributed by atoms with Gasteiger partial charge in [-0.25, -0.2) is 0 Å². The Labute approximate surface area is 158 Å². The molecule has 0 aliphatic carbocycles. The lowest BCUT2D eigenvalue weighted by molar-refractivity contribution is 0.0932. The fraction of sp³-hybridized carbons (Fsp3) is 0.381. The Bertz CT molecular complexity index is 806. The molecule has 0 fully saturated rings. The molecule has 1 amide bonds. The van der Waals surface area contributed by atoms with Gasteiger partial charge in [0.15, 0.2) is 0 Å². The van der Waals surface area contributed by atoms with Crippen LogP contribution in [0, 0.1) is 0 Å². The Kier molecular flexibility index (Phi) is 6.22. The van der Waals surface area contributed by atoms with Gasteiger partial charge in [0.2, 0.25) is 0 Å². The predicted molar refractivity (Wildman–Crippen MR) is 107 cm³/mol. The predicted octanol–water partition coefficient (Wildman–Crippen LogP) is 2.74. The van der Waals surface area contributed by atoms with E-state index in [4.69, 9.17) is 0 Å². The fourth-order valence-corrected chi connectivity index (χ4v) is 4.05. The first-order valence-corrected chi connectivity index (χ1v) is 10.7. The summed E-state index contributed by atoms with van der Waals surface area (Å²) in [4.78, 5) is 14.9. The minimum atomic E-state index is -0.909. The van der Waals surface area contributed by atoms with Crippen LogP contribution in [-0.4, -0.2) is 40.4 Å². The molecule has 4 nitrogen and oxygen atoms in total. The van der Waals surface area contributed by atoms with Crippen LogP contribution in [0.5, 0.6) is 0 Å². The molecule has 138 valence electrons. The van der Waals surface area contributed by atoms with Crippen molar-refractivity contribution in [2.45, 2.75) is 31.7 Å². The lowest BCUT2D eigenvalue weighted by Crippen LogP contribution is -2.44. The molecule has 1 heterocycles. The molecule has 1 aliphatic rings. The summed E-state index contributed by atoms with van der Waals surface area (Å²) in [6.45, 7) is 4.73. The van der Waals surface area contributed by atoms with Crippen molar-refractivity contribution in [2.75, 3.05) is 19.3 Å². The molecule has 2 atom stereocenters. The van der Waals surface area contributed by atoms with Gasteiger partial charge >= 0.3 is 0 Å². The summed E-state index contributed by atoms with van der Waals surface area (Å²) >= 11 is 0. The van der Waals surface area contributed by atoms with Gasteiger partial charge in [-0.2, -0.15) is 0 Å². The highest BCUT2D eigenvalue weighted by molar-refractivity contribution is 7.83. The number of hydrogen-bond acceptors (Lipinski definition) is 3. The van der Waals surface area contributed by atoms with Crippen LogP contribution in [0.4, 0.5) is 0 Å². The largest absolute Gasteiger partial charge is 0.350 e. The number of nitrogens with one attached hydrogen (secondary N) is 1. The van der Waals surface area contributed by atoms with Gasteiger partial charge in [-0.1, -0.05) is 36.4 Å². The molecule has 0 radical (unpaired) electrons. The molecule has 0 spiro atoms. The first kappa shape index (κ1) is 18.8. The number of hydrogen-bond donors (Lipinski definition) is 1. The average molecular weight is 371 g/mol. The van der Waals surface area contributed by atoms with Crippen LogP contribution >= 0.6 is 0 Å². The van der Waals surface area contributed by atoms with Crippen molar-refractivity contribution in [3.63, 3.8) is 0 Å². The highest BCUT2D eigenvalue weighted by Gasteiger charge is 2.20. The van der Waals surface area contributed by atoms with E-state index in [0.29, 0.717) is 17.9 Å². The van der Waals surface area contributed by atoms with Crippen molar-refractivity contribution >= 4 is 16.7 Å². The summed E-state index contributed by atoms with van der Waals surface area (Å²) in [5, 5.41) is 3.04. The number of carbonyl (C=O) groups excluding carboxylic acids is 1. The van der Waals surface area contributed by atoms with Crippen molar-refractivity contribution in [1.29, 1.82) is 0 Å². The monoisotopic (exact) mass is 370 g/mol. The number of fused-ring (bicyclic) bond motifs is 1. The molecule has 0 aromatic heterocycles. The van der Waals surface area contributed by atoms with Crippen molar-refractivity contribution < 1.29 is 9.00 Å². The summed E-state index contributed by atoms with van der Waals surface area (Å²) in [6.07, 6.45) is 2.73. The normalized spacial score (nSPS) is 16.5. The van der Waals surface area contributed by atoms with Gasteiger partial charge in [0.05, 0.1) is 0 Å². The zero-order chi connectivity index (χ0) is 18.5. The molecule has 2 unspecified atom stereocenters. The van der Waals surface area contributed by atoms with Gasteiger partial charge in [0.1, 0.15) is 0 Å². The second-order valence-corrected chi connectivity index (χ2v) is 8.40. The molecule has 0 saturated heterocycles. The van der Waals surface area contributed by atoms with Crippen LogP contribution in [0.3, 0.4) is 0 Å². The van der Waals surface area contributed by atoms with Gasteiger partial charge in [0, 0.05) is 54.0 Å². The standard InChI is InChI=1S/C21H26N2O2S/c1-16(23-11-10-18-7-3-4-8-20(18)14-23)13-22-21(24)19-9-5-6-17(12-19)15-26(2)25/h3-9,12,16H,10-11,13-15H2,1-2H3,(H,22,24). The molecule has 2 aromatic rings. The second kappa shape index (κ2) is 8.60. The molecule has 2 aromatic carbocycles. The summed E-state index contributed by atoms with van der Waals surface area (Å²) in [7, 11) is -0.909. The maximum Gasteiger partial charge on any atom is 0.251 e. The molecule has 26 heavy (non-hydrogen) atoms. The van der Waals surface area contributed by atoms with Gasteiger partial charge in [0.25, 0.3) is 5.91 Å². The van der Waals surface area contributed by atoms with Gasteiger partial charge in [-0.3, -0.25) is 13.9 Å².